The third-order valence-corrected chi connectivity index (χ3v) is 4.41. The normalized spacial score (nSPS) is 11.2. The maximum absolute atomic E-state index is 12.0. The molecule has 0 saturated carbocycles. The molecule has 0 aliphatic rings. The molecule has 0 bridgehead atoms. The maximum Gasteiger partial charge on any atom is 0.347 e. The fraction of sp³-hybridized carbons (Fsp3) is 0.789. The Hall–Kier alpha value is -1.12. The van der Waals surface area contributed by atoms with Crippen LogP contribution < -0.4 is 5.69 Å². The van der Waals surface area contributed by atoms with E-state index in [0.717, 1.165) is 12.8 Å². The van der Waals surface area contributed by atoms with Gasteiger partial charge < -0.3 is 0 Å². The van der Waals surface area contributed by atoms with E-state index >= 15 is 0 Å². The number of unbranched alkanes of at least 4 members (excludes halogenated alkanes) is 8. The van der Waals surface area contributed by atoms with Crippen molar-refractivity contribution in [3.05, 3.63) is 28.9 Å². The Balaban J connectivity index is 2.46. The van der Waals surface area contributed by atoms with Crippen molar-refractivity contribution < 1.29 is 0 Å². The van der Waals surface area contributed by atoms with E-state index in [-0.39, 0.29) is 5.69 Å². The van der Waals surface area contributed by atoms with Crippen LogP contribution in [0.5, 0.6) is 0 Å². The summed E-state index contributed by atoms with van der Waals surface area (Å²) in [5.41, 5.74) is -0.0883. The van der Waals surface area contributed by atoms with Gasteiger partial charge in [-0.25, -0.2) is 9.78 Å². The summed E-state index contributed by atoms with van der Waals surface area (Å²) in [6, 6.07) is 2.22. The van der Waals surface area contributed by atoms with Crippen LogP contribution in [0.2, 0.25) is 0 Å². The summed E-state index contributed by atoms with van der Waals surface area (Å²) in [6.45, 7) is 4.49. The van der Waals surface area contributed by atoms with Crippen LogP contribution >= 0.6 is 0 Å². The van der Waals surface area contributed by atoms with Crippen LogP contribution in [0.4, 0.5) is 0 Å². The van der Waals surface area contributed by atoms with Crippen LogP contribution in [0.3, 0.4) is 0 Å². The van der Waals surface area contributed by atoms with Gasteiger partial charge in [0, 0.05) is 18.4 Å². The van der Waals surface area contributed by atoms with Gasteiger partial charge in [-0.05, 0) is 18.9 Å². The van der Waals surface area contributed by atoms with Crippen molar-refractivity contribution in [2.45, 2.75) is 96.9 Å². The monoisotopic (exact) mass is 306 g/mol. The molecule has 0 aliphatic carbocycles. The molecule has 1 rings (SSSR count). The van der Waals surface area contributed by atoms with Crippen molar-refractivity contribution in [1.82, 2.24) is 9.55 Å². The summed E-state index contributed by atoms with van der Waals surface area (Å²) in [5.74, 6) is 0. The number of aromatic nitrogens is 2. The molecule has 126 valence electrons. The SMILES string of the molecule is CCCCCCCC(CCCCCCC)n1cccnc1=O. The molecule has 0 radical (unpaired) electrons. The average Bonchev–Trinajstić information content (AvgIpc) is 2.53. The van der Waals surface area contributed by atoms with E-state index in [1.807, 2.05) is 16.8 Å². The Morgan fingerprint density at radius 3 is 1.95 bits per heavy atom. The van der Waals surface area contributed by atoms with Crippen LogP contribution in [0, 0.1) is 0 Å². The summed E-state index contributed by atoms with van der Waals surface area (Å²) >= 11 is 0. The Morgan fingerprint density at radius 2 is 1.45 bits per heavy atom. The minimum atomic E-state index is -0.0883. The first-order chi connectivity index (χ1) is 10.8. The van der Waals surface area contributed by atoms with E-state index in [4.69, 9.17) is 0 Å². The van der Waals surface area contributed by atoms with Crippen molar-refractivity contribution in [1.29, 1.82) is 0 Å². The van der Waals surface area contributed by atoms with Gasteiger partial charge in [0.25, 0.3) is 0 Å². The maximum atomic E-state index is 12.0. The molecule has 0 N–H and O–H groups in total. The lowest BCUT2D eigenvalue weighted by Crippen LogP contribution is -2.26. The summed E-state index contributed by atoms with van der Waals surface area (Å²) in [4.78, 5) is 15.9. The first kappa shape index (κ1) is 18.9. The van der Waals surface area contributed by atoms with Gasteiger partial charge in [0.05, 0.1) is 0 Å². The first-order valence-corrected chi connectivity index (χ1v) is 9.32. The lowest BCUT2D eigenvalue weighted by molar-refractivity contribution is 0.382. The van der Waals surface area contributed by atoms with E-state index in [1.165, 1.54) is 64.2 Å². The molecule has 1 heterocycles. The lowest BCUT2D eigenvalue weighted by atomic mass is 10.00. The zero-order valence-corrected chi connectivity index (χ0v) is 14.6. The molecule has 1 aromatic heterocycles. The molecule has 0 saturated heterocycles. The largest absolute Gasteiger partial charge is 0.347 e. The lowest BCUT2D eigenvalue weighted by Gasteiger charge is -2.19. The van der Waals surface area contributed by atoms with E-state index in [2.05, 4.69) is 18.8 Å². The third kappa shape index (κ3) is 7.77. The second kappa shape index (κ2) is 12.4. The zero-order chi connectivity index (χ0) is 16.0. The first-order valence-electron chi connectivity index (χ1n) is 9.32. The van der Waals surface area contributed by atoms with Crippen LogP contribution in [0.25, 0.3) is 0 Å². The molecule has 3 heteroatoms. The second-order valence-corrected chi connectivity index (χ2v) is 6.37. The van der Waals surface area contributed by atoms with Gasteiger partial charge in [-0.2, -0.15) is 0 Å². The molecule has 0 spiro atoms. The van der Waals surface area contributed by atoms with Gasteiger partial charge in [-0.3, -0.25) is 4.57 Å². The molecule has 0 aromatic carbocycles. The highest BCUT2D eigenvalue weighted by atomic mass is 16.1. The molecule has 0 aliphatic heterocycles. The zero-order valence-electron chi connectivity index (χ0n) is 14.6. The van der Waals surface area contributed by atoms with Gasteiger partial charge in [0.1, 0.15) is 0 Å². The molecule has 0 unspecified atom stereocenters. The molecule has 3 nitrogen and oxygen atoms in total. The van der Waals surface area contributed by atoms with E-state index in [9.17, 15) is 4.79 Å². The van der Waals surface area contributed by atoms with E-state index < -0.39 is 0 Å². The molecule has 0 atom stereocenters. The fourth-order valence-corrected chi connectivity index (χ4v) is 3.04. The molecule has 0 fully saturated rings. The smallest absolute Gasteiger partial charge is 0.296 e. The molecule has 0 amide bonds. The number of hydrogen-bond acceptors (Lipinski definition) is 2. The highest BCUT2D eigenvalue weighted by Gasteiger charge is 2.12. The van der Waals surface area contributed by atoms with Crippen molar-refractivity contribution in [2.24, 2.45) is 0 Å². The highest BCUT2D eigenvalue weighted by Crippen LogP contribution is 2.22. The predicted octanol–water partition coefficient (Wildman–Crippen LogP) is 5.51. The van der Waals surface area contributed by atoms with E-state index in [0.29, 0.717) is 6.04 Å². The van der Waals surface area contributed by atoms with Crippen molar-refractivity contribution in [2.75, 3.05) is 0 Å². The Labute approximate surface area is 136 Å². The molecular formula is C19H34N2O. The molecule has 1 aromatic rings. The standard InChI is InChI=1S/C19H34N2O/c1-3-5-7-9-11-14-18(15-12-10-8-6-4-2)21-17-13-16-20-19(21)22/h13,16-18H,3-12,14-15H2,1-2H3. The predicted molar refractivity (Wildman–Crippen MR) is 94.3 cm³/mol. The Bertz CT molecular complexity index is 413. The van der Waals surface area contributed by atoms with Gasteiger partial charge in [-0.15, -0.1) is 0 Å². The van der Waals surface area contributed by atoms with Crippen molar-refractivity contribution in [3.8, 4) is 0 Å². The molecular weight excluding hydrogens is 272 g/mol. The average molecular weight is 306 g/mol. The Kier molecular flexibility index (Phi) is 10.7. The number of rotatable bonds is 13. The van der Waals surface area contributed by atoms with Gasteiger partial charge in [0.2, 0.25) is 0 Å². The van der Waals surface area contributed by atoms with Crippen LogP contribution in [-0.4, -0.2) is 9.55 Å². The second-order valence-electron chi connectivity index (χ2n) is 6.37. The fourth-order valence-electron chi connectivity index (χ4n) is 3.04. The van der Waals surface area contributed by atoms with Gasteiger partial charge in [-0.1, -0.05) is 78.1 Å². The minimum absolute atomic E-state index is 0.0883. The molecule has 22 heavy (non-hydrogen) atoms. The summed E-state index contributed by atoms with van der Waals surface area (Å²) < 4.78 is 1.86. The minimum Gasteiger partial charge on any atom is -0.296 e. The topological polar surface area (TPSA) is 34.9 Å². The van der Waals surface area contributed by atoms with Gasteiger partial charge in [0.15, 0.2) is 0 Å². The highest BCUT2D eigenvalue weighted by molar-refractivity contribution is 4.85. The van der Waals surface area contributed by atoms with Crippen LogP contribution in [0.15, 0.2) is 23.3 Å². The van der Waals surface area contributed by atoms with Crippen LogP contribution in [-0.2, 0) is 0 Å². The van der Waals surface area contributed by atoms with Crippen molar-refractivity contribution >= 4 is 0 Å². The van der Waals surface area contributed by atoms with Gasteiger partial charge >= 0.3 is 5.69 Å². The summed E-state index contributed by atoms with van der Waals surface area (Å²) in [7, 11) is 0. The van der Waals surface area contributed by atoms with E-state index in [1.54, 1.807) is 6.20 Å². The number of hydrogen-bond donors (Lipinski definition) is 0. The summed E-state index contributed by atoms with van der Waals surface area (Å²) in [6.07, 6.45) is 18.6. The number of nitrogens with zero attached hydrogens (tertiary/aromatic N) is 2. The van der Waals surface area contributed by atoms with Crippen LogP contribution in [0.1, 0.15) is 96.9 Å². The Morgan fingerprint density at radius 1 is 0.909 bits per heavy atom. The summed E-state index contributed by atoms with van der Waals surface area (Å²) in [5, 5.41) is 0. The van der Waals surface area contributed by atoms with Crippen molar-refractivity contribution in [3.63, 3.8) is 0 Å². The third-order valence-electron chi connectivity index (χ3n) is 4.41. The quantitative estimate of drug-likeness (QED) is 0.451.